The highest BCUT2D eigenvalue weighted by Gasteiger charge is 2.34. The maximum absolute atomic E-state index is 12.6. The number of pyridine rings is 1. The van der Waals surface area contributed by atoms with Crippen LogP contribution in [-0.2, 0) is 16.6 Å². The first kappa shape index (κ1) is 20.8. The molecular weight excluding hydrogens is 376 g/mol. The highest BCUT2D eigenvalue weighted by Crippen LogP contribution is 2.34. The number of para-hydroxylation sites is 1. The molecule has 1 atom stereocenters. The van der Waals surface area contributed by atoms with Gasteiger partial charge >= 0.3 is 11.2 Å². The lowest BCUT2D eigenvalue weighted by Crippen LogP contribution is -2.51. The molecule has 0 spiro atoms. The monoisotopic (exact) mass is 402 g/mol. The standard InChI is InChI=1S/C19H22N4O5.CH4/c1-20-14-6-3-2-5-13(14)16(17(19(20)25)23(26)27)21-8-10-22(11-9-21)18(24)15-7-4-12-28-15;/h2-3,5-6,15H,4,7-12H2,1H3;1H4. The van der Waals surface area contributed by atoms with Gasteiger partial charge in [0.15, 0.2) is 0 Å². The van der Waals surface area contributed by atoms with Crippen molar-refractivity contribution in [2.45, 2.75) is 26.4 Å². The highest BCUT2D eigenvalue weighted by atomic mass is 16.6. The topological polar surface area (TPSA) is 97.9 Å². The van der Waals surface area contributed by atoms with Gasteiger partial charge in [0.1, 0.15) is 11.8 Å². The average molecular weight is 402 g/mol. The second-order valence-electron chi connectivity index (χ2n) is 7.15. The van der Waals surface area contributed by atoms with Gasteiger partial charge in [-0.2, -0.15) is 0 Å². The quantitative estimate of drug-likeness (QED) is 0.575. The molecule has 0 radical (unpaired) electrons. The smallest absolute Gasteiger partial charge is 0.357 e. The van der Waals surface area contributed by atoms with Gasteiger partial charge in [-0.05, 0) is 18.9 Å². The Morgan fingerprint density at radius 3 is 2.52 bits per heavy atom. The van der Waals surface area contributed by atoms with Gasteiger partial charge in [0, 0.05) is 45.2 Å². The summed E-state index contributed by atoms with van der Waals surface area (Å²) in [6.07, 6.45) is 1.26. The van der Waals surface area contributed by atoms with E-state index in [1.165, 1.54) is 4.57 Å². The number of piperazine rings is 1. The molecule has 9 heteroatoms. The van der Waals surface area contributed by atoms with Crippen LogP contribution in [0.1, 0.15) is 20.3 Å². The molecule has 2 aliphatic heterocycles. The second-order valence-corrected chi connectivity index (χ2v) is 7.15. The number of hydrogen-bond acceptors (Lipinski definition) is 6. The lowest BCUT2D eigenvalue weighted by Gasteiger charge is -2.37. The van der Waals surface area contributed by atoms with Crippen molar-refractivity contribution in [3.05, 3.63) is 44.7 Å². The Balaban J connectivity index is 0.00000240. The van der Waals surface area contributed by atoms with Gasteiger partial charge in [-0.1, -0.05) is 25.6 Å². The SMILES string of the molecule is C.Cn1c(=O)c([N+](=O)[O-])c(N2CCN(C(=O)C3CCCO3)CC2)c2ccccc21. The highest BCUT2D eigenvalue weighted by molar-refractivity contribution is 5.96. The number of aromatic nitrogens is 1. The van der Waals surface area contributed by atoms with E-state index in [0.29, 0.717) is 49.4 Å². The van der Waals surface area contributed by atoms with Crippen molar-refractivity contribution in [1.82, 2.24) is 9.47 Å². The number of benzene rings is 1. The summed E-state index contributed by atoms with van der Waals surface area (Å²) in [5.74, 6) is -0.0134. The first-order chi connectivity index (χ1) is 13.5. The predicted molar refractivity (Wildman–Crippen MR) is 110 cm³/mol. The number of amides is 1. The van der Waals surface area contributed by atoms with Crippen molar-refractivity contribution in [2.75, 3.05) is 37.7 Å². The van der Waals surface area contributed by atoms with Gasteiger partial charge < -0.3 is 19.1 Å². The molecule has 1 aromatic carbocycles. The molecule has 0 aliphatic carbocycles. The van der Waals surface area contributed by atoms with E-state index in [9.17, 15) is 19.7 Å². The largest absolute Gasteiger partial charge is 0.368 e. The lowest BCUT2D eigenvalue weighted by molar-refractivity contribution is -0.385. The van der Waals surface area contributed by atoms with Crippen molar-refractivity contribution >= 4 is 28.2 Å². The zero-order chi connectivity index (χ0) is 19.8. The van der Waals surface area contributed by atoms with Crippen LogP contribution in [0.4, 0.5) is 11.4 Å². The molecule has 1 unspecified atom stereocenters. The molecule has 4 rings (SSSR count). The van der Waals surface area contributed by atoms with Gasteiger partial charge in [-0.15, -0.1) is 0 Å². The Morgan fingerprint density at radius 2 is 1.90 bits per heavy atom. The van der Waals surface area contributed by atoms with Crippen LogP contribution >= 0.6 is 0 Å². The Bertz CT molecular complexity index is 988. The third kappa shape index (κ3) is 3.57. The summed E-state index contributed by atoms with van der Waals surface area (Å²) < 4.78 is 6.79. The number of nitrogens with zero attached hydrogens (tertiary/aromatic N) is 4. The molecule has 29 heavy (non-hydrogen) atoms. The van der Waals surface area contributed by atoms with Crippen LogP contribution in [0, 0.1) is 10.1 Å². The van der Waals surface area contributed by atoms with E-state index in [1.807, 2.05) is 4.90 Å². The van der Waals surface area contributed by atoms with Gasteiger partial charge in [0.25, 0.3) is 5.91 Å². The second kappa shape index (κ2) is 8.20. The maximum atomic E-state index is 12.6. The number of anilines is 1. The number of carbonyl (C=O) groups is 1. The molecule has 1 amide bonds. The number of fused-ring (bicyclic) bond motifs is 1. The Morgan fingerprint density at radius 1 is 1.21 bits per heavy atom. The average Bonchev–Trinajstić information content (AvgIpc) is 3.25. The van der Waals surface area contributed by atoms with E-state index < -0.39 is 16.2 Å². The number of ether oxygens (including phenoxy) is 1. The van der Waals surface area contributed by atoms with Gasteiger partial charge in [-0.3, -0.25) is 19.7 Å². The van der Waals surface area contributed by atoms with E-state index in [0.717, 1.165) is 12.8 Å². The van der Waals surface area contributed by atoms with Crippen molar-refractivity contribution < 1.29 is 14.5 Å². The Kier molecular flexibility index (Phi) is 5.88. The van der Waals surface area contributed by atoms with Crippen molar-refractivity contribution in [1.29, 1.82) is 0 Å². The predicted octanol–water partition coefficient (Wildman–Crippen LogP) is 1.91. The van der Waals surface area contributed by atoms with Gasteiger partial charge in [0.2, 0.25) is 0 Å². The minimum Gasteiger partial charge on any atom is -0.368 e. The molecule has 0 bridgehead atoms. The third-order valence-corrected chi connectivity index (χ3v) is 5.55. The van der Waals surface area contributed by atoms with E-state index in [-0.39, 0.29) is 19.4 Å². The molecule has 2 saturated heterocycles. The lowest BCUT2D eigenvalue weighted by atomic mass is 10.1. The molecule has 0 N–H and O–H groups in total. The summed E-state index contributed by atoms with van der Waals surface area (Å²) in [6, 6.07) is 7.18. The summed E-state index contributed by atoms with van der Waals surface area (Å²) in [6.45, 7) is 2.35. The van der Waals surface area contributed by atoms with Crippen LogP contribution in [0.5, 0.6) is 0 Å². The number of carbonyl (C=O) groups excluding carboxylic acids is 1. The Labute approximate surface area is 168 Å². The van der Waals surface area contributed by atoms with Crippen LogP contribution in [0.3, 0.4) is 0 Å². The first-order valence-electron chi connectivity index (χ1n) is 9.40. The van der Waals surface area contributed by atoms with Crippen molar-refractivity contribution in [2.24, 2.45) is 7.05 Å². The number of rotatable bonds is 3. The summed E-state index contributed by atoms with van der Waals surface area (Å²) in [5.41, 5.74) is -0.0597. The van der Waals surface area contributed by atoms with E-state index in [1.54, 1.807) is 36.2 Å². The fourth-order valence-corrected chi connectivity index (χ4v) is 4.07. The molecule has 2 fully saturated rings. The molecular formula is C20H26N4O5. The van der Waals surface area contributed by atoms with Gasteiger partial charge in [-0.25, -0.2) is 0 Å². The number of aryl methyl sites for hydroxylation is 1. The van der Waals surface area contributed by atoms with E-state index >= 15 is 0 Å². The van der Waals surface area contributed by atoms with Crippen LogP contribution < -0.4 is 10.5 Å². The molecule has 0 saturated carbocycles. The number of hydrogen-bond donors (Lipinski definition) is 0. The zero-order valence-corrected chi connectivity index (χ0v) is 15.7. The van der Waals surface area contributed by atoms with Crippen LogP contribution in [-0.4, -0.2) is 59.2 Å². The summed E-state index contributed by atoms with van der Waals surface area (Å²) in [5, 5.41) is 12.4. The molecule has 9 nitrogen and oxygen atoms in total. The first-order valence-corrected chi connectivity index (χ1v) is 9.40. The minimum absolute atomic E-state index is 0. The van der Waals surface area contributed by atoms with Crippen LogP contribution in [0.15, 0.2) is 29.1 Å². The molecule has 156 valence electrons. The molecule has 2 aliphatic rings. The fraction of sp³-hybridized carbons (Fsp3) is 0.500. The van der Waals surface area contributed by atoms with Gasteiger partial charge in [0.05, 0.1) is 10.4 Å². The summed E-state index contributed by atoms with van der Waals surface area (Å²) >= 11 is 0. The van der Waals surface area contributed by atoms with E-state index in [4.69, 9.17) is 4.74 Å². The molecule has 3 heterocycles. The molecule has 2 aromatic rings. The van der Waals surface area contributed by atoms with Crippen LogP contribution in [0.25, 0.3) is 10.9 Å². The molecule has 1 aromatic heterocycles. The number of nitro groups is 1. The maximum Gasteiger partial charge on any atom is 0.357 e. The van der Waals surface area contributed by atoms with E-state index in [2.05, 4.69) is 0 Å². The van der Waals surface area contributed by atoms with Crippen molar-refractivity contribution in [3.63, 3.8) is 0 Å². The minimum atomic E-state index is -0.628. The normalized spacial score (nSPS) is 19.3. The summed E-state index contributed by atoms with van der Waals surface area (Å²) in [7, 11) is 1.54. The Hall–Kier alpha value is -2.94. The third-order valence-electron chi connectivity index (χ3n) is 5.55. The zero-order valence-electron chi connectivity index (χ0n) is 15.7. The van der Waals surface area contributed by atoms with Crippen molar-refractivity contribution in [3.8, 4) is 0 Å². The summed E-state index contributed by atoms with van der Waals surface area (Å²) in [4.78, 5) is 39.9. The fourth-order valence-electron chi connectivity index (χ4n) is 4.07. The van der Waals surface area contributed by atoms with Crippen LogP contribution in [0.2, 0.25) is 0 Å².